The van der Waals surface area contributed by atoms with Gasteiger partial charge in [0.25, 0.3) is 5.91 Å². The number of aliphatic hydroxyl groups is 1. The Morgan fingerprint density at radius 1 is 1.05 bits per heavy atom. The molecule has 0 aromatic heterocycles. The Morgan fingerprint density at radius 3 is 2.27 bits per heavy atom. The number of rotatable bonds is 5. The largest absolute Gasteiger partial charge is 0.507 e. The molecular weight excluding hydrogens is 282 g/mol. The number of benzene rings is 2. The fourth-order valence-electron chi connectivity index (χ4n) is 1.75. The molecule has 2 aromatic carbocycles. The van der Waals surface area contributed by atoms with E-state index in [9.17, 15) is 14.7 Å². The Kier molecular flexibility index (Phi) is 4.93. The summed E-state index contributed by atoms with van der Waals surface area (Å²) in [6.07, 6.45) is 0.897. The molecule has 22 heavy (non-hydrogen) atoms. The van der Waals surface area contributed by atoms with Crippen LogP contribution in [0.15, 0.2) is 60.7 Å². The lowest BCUT2D eigenvalue weighted by molar-refractivity contribution is -0.131. The molecule has 0 heterocycles. The first-order valence-corrected chi connectivity index (χ1v) is 6.55. The molecule has 0 bridgehead atoms. The number of ether oxygens (including phenoxy) is 1. The molecule has 112 valence electrons. The lowest BCUT2D eigenvalue weighted by Gasteiger charge is -2.04. The highest BCUT2D eigenvalue weighted by molar-refractivity contribution is 6.45. The molecule has 0 saturated heterocycles. The highest BCUT2D eigenvalue weighted by atomic mass is 16.5. The molecule has 0 aliphatic rings. The second-order valence-corrected chi connectivity index (χ2v) is 4.44. The fraction of sp³-hybridized carbons (Fsp3) is 0.0588. The minimum atomic E-state index is -0.836. The third-order valence-corrected chi connectivity index (χ3v) is 2.91. The van der Waals surface area contributed by atoms with Crippen molar-refractivity contribution in [2.75, 3.05) is 12.4 Å². The van der Waals surface area contributed by atoms with Gasteiger partial charge in [-0.15, -0.1) is 0 Å². The average molecular weight is 297 g/mol. The first kappa shape index (κ1) is 15.3. The van der Waals surface area contributed by atoms with Gasteiger partial charge in [0, 0.05) is 17.3 Å². The minimum Gasteiger partial charge on any atom is -0.507 e. The molecule has 0 unspecified atom stereocenters. The summed E-state index contributed by atoms with van der Waals surface area (Å²) >= 11 is 0. The van der Waals surface area contributed by atoms with Crippen molar-refractivity contribution in [1.82, 2.24) is 0 Å². The van der Waals surface area contributed by atoms with Crippen LogP contribution in [0.3, 0.4) is 0 Å². The normalized spacial score (nSPS) is 10.9. The van der Waals surface area contributed by atoms with Crippen molar-refractivity contribution >= 4 is 23.1 Å². The summed E-state index contributed by atoms with van der Waals surface area (Å²) in [6, 6.07) is 15.1. The summed E-state index contributed by atoms with van der Waals surface area (Å²) in [4.78, 5) is 23.6. The molecular formula is C17H15NO4. The molecule has 0 aliphatic heterocycles. The van der Waals surface area contributed by atoms with Crippen molar-refractivity contribution in [3.63, 3.8) is 0 Å². The first-order chi connectivity index (χ1) is 10.6. The van der Waals surface area contributed by atoms with Crippen molar-refractivity contribution in [3.05, 3.63) is 66.2 Å². The third-order valence-electron chi connectivity index (χ3n) is 2.91. The Labute approximate surface area is 127 Å². The Hall–Kier alpha value is -3.08. The lowest BCUT2D eigenvalue weighted by Crippen LogP contribution is -2.21. The summed E-state index contributed by atoms with van der Waals surface area (Å²) < 4.78 is 5.00. The van der Waals surface area contributed by atoms with E-state index in [4.69, 9.17) is 4.74 Å². The number of amides is 1. The Balaban J connectivity index is 2.04. The van der Waals surface area contributed by atoms with E-state index >= 15 is 0 Å². The SMILES string of the molecule is COc1ccc(NC(=O)C(=O)/C=C(/O)c2ccccc2)cc1. The molecule has 5 nitrogen and oxygen atoms in total. The monoisotopic (exact) mass is 297 g/mol. The van der Waals surface area contributed by atoms with Crippen molar-refractivity contribution in [1.29, 1.82) is 0 Å². The predicted molar refractivity (Wildman–Crippen MR) is 83.7 cm³/mol. The minimum absolute atomic E-state index is 0.254. The van der Waals surface area contributed by atoms with E-state index in [1.165, 1.54) is 7.11 Å². The quantitative estimate of drug-likeness (QED) is 0.505. The van der Waals surface area contributed by atoms with Gasteiger partial charge in [-0.25, -0.2) is 0 Å². The molecule has 2 N–H and O–H groups in total. The summed E-state index contributed by atoms with van der Waals surface area (Å²) in [5, 5.41) is 12.3. The van der Waals surface area contributed by atoms with Crippen molar-refractivity contribution in [3.8, 4) is 5.75 Å². The van der Waals surface area contributed by atoms with Crippen molar-refractivity contribution in [2.24, 2.45) is 0 Å². The van der Waals surface area contributed by atoms with Crippen molar-refractivity contribution < 1.29 is 19.4 Å². The van der Waals surface area contributed by atoms with Crippen LogP contribution in [0, 0.1) is 0 Å². The fourth-order valence-corrected chi connectivity index (χ4v) is 1.75. The number of carbonyl (C=O) groups excluding carboxylic acids is 2. The zero-order valence-electron chi connectivity index (χ0n) is 11.9. The predicted octanol–water partition coefficient (Wildman–Crippen LogP) is 2.80. The Morgan fingerprint density at radius 2 is 1.68 bits per heavy atom. The number of methoxy groups -OCH3 is 1. The lowest BCUT2D eigenvalue weighted by atomic mass is 10.1. The van der Waals surface area contributed by atoms with E-state index in [1.54, 1.807) is 54.6 Å². The number of hydrogen-bond donors (Lipinski definition) is 2. The van der Waals surface area contributed by atoms with Crippen LogP contribution in [0.1, 0.15) is 5.56 Å². The van der Waals surface area contributed by atoms with E-state index in [2.05, 4.69) is 5.32 Å². The van der Waals surface area contributed by atoms with Crippen LogP contribution in [-0.4, -0.2) is 23.9 Å². The highest BCUT2D eigenvalue weighted by Gasteiger charge is 2.13. The van der Waals surface area contributed by atoms with Gasteiger partial charge in [0.15, 0.2) is 0 Å². The maximum absolute atomic E-state index is 11.8. The zero-order chi connectivity index (χ0) is 15.9. The summed E-state index contributed by atoms with van der Waals surface area (Å²) in [5.41, 5.74) is 0.930. The van der Waals surface area contributed by atoms with Gasteiger partial charge in [-0.2, -0.15) is 0 Å². The molecule has 1 amide bonds. The molecule has 5 heteroatoms. The van der Waals surface area contributed by atoms with E-state index < -0.39 is 11.7 Å². The van der Waals surface area contributed by atoms with Gasteiger partial charge in [0.2, 0.25) is 5.78 Å². The smallest absolute Gasteiger partial charge is 0.296 e. The second kappa shape index (κ2) is 7.08. The third kappa shape index (κ3) is 3.96. The number of aliphatic hydroxyl groups excluding tert-OH is 1. The van der Waals surface area contributed by atoms with Gasteiger partial charge >= 0.3 is 0 Å². The molecule has 0 atom stereocenters. The first-order valence-electron chi connectivity index (χ1n) is 6.55. The molecule has 0 fully saturated rings. The summed E-state index contributed by atoms with van der Waals surface area (Å²) in [5.74, 6) is -1.27. The van der Waals surface area contributed by atoms with Gasteiger partial charge in [0.1, 0.15) is 11.5 Å². The average Bonchev–Trinajstić information content (AvgIpc) is 2.56. The van der Waals surface area contributed by atoms with Gasteiger partial charge in [-0.05, 0) is 24.3 Å². The maximum Gasteiger partial charge on any atom is 0.296 e. The van der Waals surface area contributed by atoms with E-state index in [1.807, 2.05) is 0 Å². The van der Waals surface area contributed by atoms with Crippen LogP contribution >= 0.6 is 0 Å². The van der Waals surface area contributed by atoms with Crippen LogP contribution in [-0.2, 0) is 9.59 Å². The molecule has 0 saturated carbocycles. The van der Waals surface area contributed by atoms with Gasteiger partial charge in [-0.1, -0.05) is 30.3 Å². The van der Waals surface area contributed by atoms with E-state index in [0.29, 0.717) is 17.0 Å². The van der Waals surface area contributed by atoms with Crippen LogP contribution < -0.4 is 10.1 Å². The van der Waals surface area contributed by atoms with Crippen LogP contribution in [0.4, 0.5) is 5.69 Å². The summed E-state index contributed by atoms with van der Waals surface area (Å²) in [7, 11) is 1.54. The van der Waals surface area contributed by atoms with E-state index in [0.717, 1.165) is 6.08 Å². The maximum atomic E-state index is 11.8. The molecule has 0 spiro atoms. The van der Waals surface area contributed by atoms with Crippen LogP contribution in [0.2, 0.25) is 0 Å². The molecule has 0 radical (unpaired) electrons. The molecule has 2 aromatic rings. The van der Waals surface area contributed by atoms with E-state index in [-0.39, 0.29) is 5.76 Å². The summed E-state index contributed by atoms with van der Waals surface area (Å²) in [6.45, 7) is 0. The molecule has 2 rings (SSSR count). The number of ketones is 1. The van der Waals surface area contributed by atoms with Crippen molar-refractivity contribution in [2.45, 2.75) is 0 Å². The number of nitrogens with one attached hydrogen (secondary N) is 1. The van der Waals surface area contributed by atoms with Crippen LogP contribution in [0.25, 0.3) is 5.76 Å². The second-order valence-electron chi connectivity index (χ2n) is 4.44. The Bertz CT molecular complexity index is 690. The number of hydrogen-bond acceptors (Lipinski definition) is 4. The van der Waals surface area contributed by atoms with Gasteiger partial charge in [0.05, 0.1) is 7.11 Å². The van der Waals surface area contributed by atoms with Gasteiger partial charge < -0.3 is 15.2 Å². The van der Waals surface area contributed by atoms with Gasteiger partial charge in [-0.3, -0.25) is 9.59 Å². The number of carbonyl (C=O) groups is 2. The zero-order valence-corrected chi connectivity index (χ0v) is 11.9. The standard InChI is InChI=1S/C17H15NO4/c1-22-14-9-7-13(8-10-14)18-17(21)16(20)11-15(19)12-5-3-2-4-6-12/h2-11,19H,1H3,(H,18,21)/b15-11+. The number of anilines is 1. The molecule has 0 aliphatic carbocycles. The van der Waals surface area contributed by atoms with Crippen LogP contribution in [0.5, 0.6) is 5.75 Å². The highest BCUT2D eigenvalue weighted by Crippen LogP contribution is 2.15. The topological polar surface area (TPSA) is 75.6 Å².